The van der Waals surface area contributed by atoms with Crippen LogP contribution in [0.5, 0.6) is 0 Å². The molecule has 0 radical (unpaired) electrons. The van der Waals surface area contributed by atoms with Crippen LogP contribution >= 0.6 is 0 Å². The van der Waals surface area contributed by atoms with E-state index in [0.717, 1.165) is 11.6 Å². The quantitative estimate of drug-likeness (QED) is 0.915. The molecule has 0 saturated carbocycles. The molecule has 0 saturated heterocycles. The number of aryl methyl sites for hydroxylation is 1. The molecular formula is C14H13FN2O3S. The van der Waals surface area contributed by atoms with Crippen LogP contribution in [-0.4, -0.2) is 14.4 Å². The fourth-order valence-electron chi connectivity index (χ4n) is 1.62. The first-order valence-electron chi connectivity index (χ1n) is 6.03. The Hall–Kier alpha value is -2.41. The Bertz CT molecular complexity index is 758. The molecule has 0 aliphatic carbocycles. The molecule has 2 amide bonds. The number of benzene rings is 2. The molecule has 2 N–H and O–H groups in total. The average molecular weight is 308 g/mol. The number of carbonyl (C=O) groups is 1. The molecule has 0 atom stereocenters. The molecule has 2 aromatic rings. The highest BCUT2D eigenvalue weighted by atomic mass is 32.2. The number of nitrogens with one attached hydrogen (secondary N) is 2. The number of hydrogen-bond acceptors (Lipinski definition) is 3. The van der Waals surface area contributed by atoms with E-state index < -0.39 is 21.9 Å². The van der Waals surface area contributed by atoms with Gasteiger partial charge in [-0.15, -0.1) is 0 Å². The summed E-state index contributed by atoms with van der Waals surface area (Å²) < 4.78 is 38.8. The maximum Gasteiger partial charge on any atom is 0.333 e. The molecule has 0 aliphatic heterocycles. The molecule has 110 valence electrons. The van der Waals surface area contributed by atoms with Crippen LogP contribution in [-0.2, 0) is 10.0 Å². The van der Waals surface area contributed by atoms with Crippen LogP contribution in [0.1, 0.15) is 5.56 Å². The van der Waals surface area contributed by atoms with Crippen molar-refractivity contribution in [2.75, 3.05) is 5.32 Å². The smallest absolute Gasteiger partial charge is 0.307 e. The molecule has 7 heteroatoms. The SMILES string of the molecule is Cc1ccc(S(=O)(=O)NC(=O)Nc2cccc(F)c2)cc1. The minimum absolute atomic E-state index is 0.0255. The molecule has 21 heavy (non-hydrogen) atoms. The first-order chi connectivity index (χ1) is 9.87. The van der Waals surface area contributed by atoms with Crippen LogP contribution in [0.2, 0.25) is 0 Å². The molecule has 0 heterocycles. The Kier molecular flexibility index (Phi) is 4.23. The lowest BCUT2D eigenvalue weighted by Gasteiger charge is -2.09. The van der Waals surface area contributed by atoms with Crippen LogP contribution in [0.15, 0.2) is 53.4 Å². The van der Waals surface area contributed by atoms with Gasteiger partial charge in [-0.05, 0) is 37.3 Å². The molecular weight excluding hydrogens is 295 g/mol. The third-order valence-electron chi connectivity index (χ3n) is 2.64. The van der Waals surface area contributed by atoms with Crippen LogP contribution in [0.3, 0.4) is 0 Å². The Morgan fingerprint density at radius 1 is 1.10 bits per heavy atom. The van der Waals surface area contributed by atoms with Gasteiger partial charge in [0.05, 0.1) is 4.90 Å². The van der Waals surface area contributed by atoms with E-state index >= 15 is 0 Å². The van der Waals surface area contributed by atoms with Gasteiger partial charge < -0.3 is 5.32 Å². The van der Waals surface area contributed by atoms with E-state index in [1.807, 2.05) is 11.6 Å². The second-order valence-electron chi connectivity index (χ2n) is 4.38. The Labute approximate surface area is 121 Å². The number of carbonyl (C=O) groups excluding carboxylic acids is 1. The number of halogens is 1. The molecule has 0 fully saturated rings. The Morgan fingerprint density at radius 3 is 2.38 bits per heavy atom. The van der Waals surface area contributed by atoms with Gasteiger partial charge in [-0.2, -0.15) is 0 Å². The van der Waals surface area contributed by atoms with Crippen LogP contribution in [0.4, 0.5) is 14.9 Å². The monoisotopic (exact) mass is 308 g/mol. The van der Waals surface area contributed by atoms with E-state index in [4.69, 9.17) is 0 Å². The molecule has 0 unspecified atom stereocenters. The fourth-order valence-corrected chi connectivity index (χ4v) is 2.53. The first kappa shape index (κ1) is 15.0. The maximum atomic E-state index is 13.0. The highest BCUT2D eigenvalue weighted by Gasteiger charge is 2.17. The van der Waals surface area contributed by atoms with Gasteiger partial charge in [-0.3, -0.25) is 0 Å². The lowest BCUT2D eigenvalue weighted by atomic mass is 10.2. The van der Waals surface area contributed by atoms with Gasteiger partial charge in [0.2, 0.25) is 0 Å². The van der Waals surface area contributed by atoms with Crippen LogP contribution < -0.4 is 10.0 Å². The number of hydrogen-bond donors (Lipinski definition) is 2. The average Bonchev–Trinajstić information content (AvgIpc) is 2.38. The number of anilines is 1. The maximum absolute atomic E-state index is 13.0. The van der Waals surface area contributed by atoms with Gasteiger partial charge in [-0.25, -0.2) is 22.3 Å². The predicted molar refractivity (Wildman–Crippen MR) is 76.9 cm³/mol. The zero-order valence-electron chi connectivity index (χ0n) is 11.1. The molecule has 2 rings (SSSR count). The fraction of sp³-hybridized carbons (Fsp3) is 0.0714. The molecule has 0 aliphatic rings. The lowest BCUT2D eigenvalue weighted by Crippen LogP contribution is -2.34. The van der Waals surface area contributed by atoms with Crippen molar-refractivity contribution < 1.29 is 17.6 Å². The van der Waals surface area contributed by atoms with Crippen molar-refractivity contribution in [2.45, 2.75) is 11.8 Å². The normalized spacial score (nSPS) is 11.0. The molecule has 0 bridgehead atoms. The van der Waals surface area contributed by atoms with E-state index in [2.05, 4.69) is 5.32 Å². The summed E-state index contributed by atoms with van der Waals surface area (Å²) in [6, 6.07) is 10.2. The standard InChI is InChI=1S/C14H13FN2O3S/c1-10-5-7-13(8-6-10)21(19,20)17-14(18)16-12-4-2-3-11(15)9-12/h2-9H,1H3,(H2,16,17,18). The Balaban J connectivity index is 2.09. The van der Waals surface area contributed by atoms with Gasteiger partial charge in [0.15, 0.2) is 0 Å². The summed E-state index contributed by atoms with van der Waals surface area (Å²) in [5.41, 5.74) is 1.06. The van der Waals surface area contributed by atoms with Crippen molar-refractivity contribution in [3.8, 4) is 0 Å². The minimum atomic E-state index is -3.96. The summed E-state index contributed by atoms with van der Waals surface area (Å²) in [6.07, 6.45) is 0. The van der Waals surface area contributed by atoms with Crippen molar-refractivity contribution in [2.24, 2.45) is 0 Å². The van der Waals surface area contributed by atoms with E-state index in [1.165, 1.54) is 30.3 Å². The van der Waals surface area contributed by atoms with Crippen molar-refractivity contribution >= 4 is 21.7 Å². The summed E-state index contributed by atoms with van der Waals surface area (Å²) in [7, 11) is -3.96. The number of urea groups is 1. The number of rotatable bonds is 3. The van der Waals surface area contributed by atoms with Gasteiger partial charge >= 0.3 is 6.03 Å². The summed E-state index contributed by atoms with van der Waals surface area (Å²) in [6.45, 7) is 1.82. The molecule has 0 aromatic heterocycles. The van der Waals surface area contributed by atoms with Crippen molar-refractivity contribution in [3.63, 3.8) is 0 Å². The van der Waals surface area contributed by atoms with Crippen molar-refractivity contribution in [3.05, 3.63) is 59.9 Å². The van der Waals surface area contributed by atoms with Gasteiger partial charge in [0.25, 0.3) is 10.0 Å². The highest BCUT2D eigenvalue weighted by Crippen LogP contribution is 2.11. The zero-order chi connectivity index (χ0) is 15.5. The second-order valence-corrected chi connectivity index (χ2v) is 6.07. The van der Waals surface area contributed by atoms with Gasteiger partial charge in [-0.1, -0.05) is 23.8 Å². The number of amides is 2. The van der Waals surface area contributed by atoms with E-state index in [0.29, 0.717) is 0 Å². The third kappa shape index (κ3) is 4.03. The largest absolute Gasteiger partial charge is 0.333 e. The van der Waals surface area contributed by atoms with Gasteiger partial charge in [0, 0.05) is 5.69 Å². The van der Waals surface area contributed by atoms with Crippen LogP contribution in [0, 0.1) is 12.7 Å². The summed E-state index contributed by atoms with van der Waals surface area (Å²) in [5, 5.41) is 2.25. The predicted octanol–water partition coefficient (Wildman–Crippen LogP) is 2.64. The van der Waals surface area contributed by atoms with Crippen LogP contribution in [0.25, 0.3) is 0 Å². The number of sulfonamides is 1. The second kappa shape index (κ2) is 5.92. The summed E-state index contributed by atoms with van der Waals surface area (Å²) >= 11 is 0. The molecule has 2 aromatic carbocycles. The zero-order valence-corrected chi connectivity index (χ0v) is 11.9. The summed E-state index contributed by atoms with van der Waals surface area (Å²) in [5.74, 6) is -0.533. The molecule has 5 nitrogen and oxygen atoms in total. The van der Waals surface area contributed by atoms with Crippen molar-refractivity contribution in [1.29, 1.82) is 0 Å². The topological polar surface area (TPSA) is 75.3 Å². The summed E-state index contributed by atoms with van der Waals surface area (Å²) in [4.78, 5) is 11.6. The van der Waals surface area contributed by atoms with E-state index in [1.54, 1.807) is 12.1 Å². The highest BCUT2D eigenvalue weighted by molar-refractivity contribution is 7.90. The first-order valence-corrected chi connectivity index (χ1v) is 7.51. The molecule has 0 spiro atoms. The van der Waals surface area contributed by atoms with E-state index in [-0.39, 0.29) is 10.6 Å². The van der Waals surface area contributed by atoms with Crippen molar-refractivity contribution in [1.82, 2.24) is 4.72 Å². The van der Waals surface area contributed by atoms with E-state index in [9.17, 15) is 17.6 Å². The lowest BCUT2D eigenvalue weighted by molar-refractivity contribution is 0.256. The Morgan fingerprint density at radius 2 is 1.76 bits per heavy atom. The van der Waals surface area contributed by atoms with Gasteiger partial charge in [0.1, 0.15) is 5.82 Å². The third-order valence-corrected chi connectivity index (χ3v) is 3.99. The minimum Gasteiger partial charge on any atom is -0.307 e.